The molecule has 1 amide bonds. The molecule has 0 aromatic heterocycles. The Morgan fingerprint density at radius 3 is 2.59 bits per heavy atom. The van der Waals surface area contributed by atoms with Crippen molar-refractivity contribution in [3.8, 4) is 0 Å². The van der Waals surface area contributed by atoms with Gasteiger partial charge in [-0.2, -0.15) is 0 Å². The first-order chi connectivity index (χ1) is 10.6. The van der Waals surface area contributed by atoms with Crippen LogP contribution in [0.3, 0.4) is 0 Å². The van der Waals surface area contributed by atoms with Crippen LogP contribution >= 0.6 is 22.6 Å². The van der Waals surface area contributed by atoms with E-state index in [1.807, 2.05) is 36.4 Å². The third-order valence-electron chi connectivity index (χ3n) is 3.82. The van der Waals surface area contributed by atoms with E-state index < -0.39 is 0 Å². The van der Waals surface area contributed by atoms with E-state index in [1.165, 1.54) is 12.8 Å². The van der Waals surface area contributed by atoms with Gasteiger partial charge >= 0.3 is 0 Å². The highest BCUT2D eigenvalue weighted by atomic mass is 127. The molecule has 0 radical (unpaired) electrons. The van der Waals surface area contributed by atoms with Crippen LogP contribution in [0.4, 0.5) is 17.1 Å². The molecule has 0 saturated carbocycles. The Bertz CT molecular complexity index is 696. The van der Waals surface area contributed by atoms with Crippen LogP contribution in [0.1, 0.15) is 23.2 Å². The standard InChI is InChI=1S/C17H18IN3O/c18-13-5-3-4-12(10-13)17(22)20-14-6-7-16(15(19)11-14)21-8-1-2-9-21/h3-7,10-11H,1-2,8-9,19H2,(H,20,22). The van der Waals surface area contributed by atoms with Crippen molar-refractivity contribution in [2.75, 3.05) is 29.0 Å². The van der Waals surface area contributed by atoms with Crippen LogP contribution in [0.2, 0.25) is 0 Å². The van der Waals surface area contributed by atoms with Crippen molar-refractivity contribution in [2.45, 2.75) is 12.8 Å². The van der Waals surface area contributed by atoms with Crippen molar-refractivity contribution in [1.82, 2.24) is 0 Å². The van der Waals surface area contributed by atoms with Crippen LogP contribution in [0, 0.1) is 3.57 Å². The minimum Gasteiger partial charge on any atom is -0.397 e. The topological polar surface area (TPSA) is 58.4 Å². The zero-order valence-electron chi connectivity index (χ0n) is 12.2. The molecule has 22 heavy (non-hydrogen) atoms. The van der Waals surface area contributed by atoms with E-state index in [-0.39, 0.29) is 5.91 Å². The van der Waals surface area contributed by atoms with Crippen LogP contribution in [0.25, 0.3) is 0 Å². The summed E-state index contributed by atoms with van der Waals surface area (Å²) in [5.74, 6) is -0.119. The molecular weight excluding hydrogens is 389 g/mol. The molecule has 0 unspecified atom stereocenters. The molecule has 114 valence electrons. The normalized spacial score (nSPS) is 14.1. The quantitative estimate of drug-likeness (QED) is 0.602. The van der Waals surface area contributed by atoms with E-state index in [0.29, 0.717) is 11.3 Å². The van der Waals surface area contributed by atoms with Gasteiger partial charge < -0.3 is 16.0 Å². The molecule has 1 heterocycles. The molecule has 1 aliphatic rings. The number of nitrogens with zero attached hydrogens (tertiary/aromatic N) is 1. The van der Waals surface area contributed by atoms with Gasteiger partial charge in [0, 0.05) is 27.9 Å². The Balaban J connectivity index is 1.75. The average molecular weight is 407 g/mol. The molecule has 0 atom stereocenters. The second-order valence-electron chi connectivity index (χ2n) is 5.43. The van der Waals surface area contributed by atoms with Crippen molar-refractivity contribution in [2.24, 2.45) is 0 Å². The number of halogens is 1. The number of nitrogen functional groups attached to an aromatic ring is 1. The van der Waals surface area contributed by atoms with Crippen LogP contribution in [0.5, 0.6) is 0 Å². The van der Waals surface area contributed by atoms with Crippen LogP contribution in [-0.4, -0.2) is 19.0 Å². The van der Waals surface area contributed by atoms with Gasteiger partial charge in [0.1, 0.15) is 0 Å². The summed E-state index contributed by atoms with van der Waals surface area (Å²) in [6.07, 6.45) is 2.43. The SMILES string of the molecule is Nc1cc(NC(=O)c2cccc(I)c2)ccc1N1CCCC1. The van der Waals surface area contributed by atoms with E-state index in [9.17, 15) is 4.79 Å². The van der Waals surface area contributed by atoms with Crippen molar-refractivity contribution in [3.63, 3.8) is 0 Å². The number of hydrogen-bond donors (Lipinski definition) is 2. The van der Waals surface area contributed by atoms with Gasteiger partial charge in [0.15, 0.2) is 0 Å². The lowest BCUT2D eigenvalue weighted by molar-refractivity contribution is 0.102. The molecule has 3 N–H and O–H groups in total. The Hall–Kier alpha value is -1.76. The molecule has 3 rings (SSSR count). The number of benzene rings is 2. The fourth-order valence-corrected chi connectivity index (χ4v) is 3.25. The number of anilines is 3. The number of amides is 1. The molecule has 0 spiro atoms. The molecule has 1 fully saturated rings. The lowest BCUT2D eigenvalue weighted by Gasteiger charge is -2.20. The summed E-state index contributed by atoms with van der Waals surface area (Å²) >= 11 is 2.20. The molecule has 5 heteroatoms. The first-order valence-electron chi connectivity index (χ1n) is 7.35. The zero-order valence-corrected chi connectivity index (χ0v) is 14.3. The highest BCUT2D eigenvalue weighted by Gasteiger charge is 2.15. The summed E-state index contributed by atoms with van der Waals surface area (Å²) in [4.78, 5) is 14.5. The summed E-state index contributed by atoms with van der Waals surface area (Å²) in [5.41, 5.74) is 9.29. The Labute approximate surface area is 143 Å². The molecule has 1 saturated heterocycles. The number of hydrogen-bond acceptors (Lipinski definition) is 3. The molecule has 2 aromatic carbocycles. The predicted octanol–water partition coefficient (Wildman–Crippen LogP) is 3.73. The van der Waals surface area contributed by atoms with Gasteiger partial charge in [0.2, 0.25) is 0 Å². The molecule has 1 aliphatic heterocycles. The maximum atomic E-state index is 12.3. The third kappa shape index (κ3) is 3.35. The van der Waals surface area contributed by atoms with Gasteiger partial charge in [-0.25, -0.2) is 0 Å². The Morgan fingerprint density at radius 2 is 1.91 bits per heavy atom. The second-order valence-corrected chi connectivity index (χ2v) is 6.68. The molecule has 0 aliphatic carbocycles. The Morgan fingerprint density at radius 1 is 1.14 bits per heavy atom. The number of carbonyl (C=O) groups is 1. The van der Waals surface area contributed by atoms with Gasteiger partial charge in [-0.15, -0.1) is 0 Å². The summed E-state index contributed by atoms with van der Waals surface area (Å²) in [7, 11) is 0. The predicted molar refractivity (Wildman–Crippen MR) is 99.4 cm³/mol. The number of nitrogens with two attached hydrogens (primary N) is 1. The monoisotopic (exact) mass is 407 g/mol. The number of nitrogens with one attached hydrogen (secondary N) is 1. The minimum atomic E-state index is -0.119. The first-order valence-corrected chi connectivity index (χ1v) is 8.43. The molecular formula is C17H18IN3O. The average Bonchev–Trinajstić information content (AvgIpc) is 3.01. The first kappa shape index (κ1) is 15.1. The van der Waals surface area contributed by atoms with E-state index in [4.69, 9.17) is 5.73 Å². The van der Waals surface area contributed by atoms with Gasteiger partial charge in [-0.1, -0.05) is 6.07 Å². The van der Waals surface area contributed by atoms with Gasteiger partial charge in [0.05, 0.1) is 11.4 Å². The van der Waals surface area contributed by atoms with Gasteiger partial charge in [-0.3, -0.25) is 4.79 Å². The van der Waals surface area contributed by atoms with Crippen molar-refractivity contribution in [3.05, 3.63) is 51.6 Å². The zero-order chi connectivity index (χ0) is 15.5. The fourth-order valence-electron chi connectivity index (χ4n) is 2.71. The third-order valence-corrected chi connectivity index (χ3v) is 4.49. The van der Waals surface area contributed by atoms with Crippen molar-refractivity contribution < 1.29 is 4.79 Å². The van der Waals surface area contributed by atoms with Gasteiger partial charge in [0.25, 0.3) is 5.91 Å². The minimum absolute atomic E-state index is 0.119. The largest absolute Gasteiger partial charge is 0.397 e. The maximum Gasteiger partial charge on any atom is 0.255 e. The number of carbonyl (C=O) groups excluding carboxylic acids is 1. The maximum absolute atomic E-state index is 12.3. The Kier molecular flexibility index (Phi) is 4.52. The van der Waals surface area contributed by atoms with Crippen LogP contribution in [0.15, 0.2) is 42.5 Å². The van der Waals surface area contributed by atoms with Crippen LogP contribution < -0.4 is 16.0 Å². The van der Waals surface area contributed by atoms with E-state index in [1.54, 1.807) is 6.07 Å². The van der Waals surface area contributed by atoms with E-state index in [0.717, 1.165) is 28.0 Å². The fraction of sp³-hybridized carbons (Fsp3) is 0.235. The molecule has 0 bridgehead atoms. The van der Waals surface area contributed by atoms with Crippen LogP contribution in [-0.2, 0) is 0 Å². The summed E-state index contributed by atoms with van der Waals surface area (Å²) in [5, 5.41) is 2.90. The lowest BCUT2D eigenvalue weighted by Crippen LogP contribution is -2.19. The highest BCUT2D eigenvalue weighted by molar-refractivity contribution is 14.1. The highest BCUT2D eigenvalue weighted by Crippen LogP contribution is 2.29. The molecule has 4 nitrogen and oxygen atoms in total. The van der Waals surface area contributed by atoms with E-state index in [2.05, 4.69) is 32.8 Å². The lowest BCUT2D eigenvalue weighted by atomic mass is 10.2. The molecule has 2 aromatic rings. The summed E-state index contributed by atoms with van der Waals surface area (Å²) < 4.78 is 1.04. The van der Waals surface area contributed by atoms with Crippen molar-refractivity contribution in [1.29, 1.82) is 0 Å². The van der Waals surface area contributed by atoms with E-state index >= 15 is 0 Å². The number of rotatable bonds is 3. The smallest absolute Gasteiger partial charge is 0.255 e. The summed E-state index contributed by atoms with van der Waals surface area (Å²) in [6.45, 7) is 2.11. The second kappa shape index (κ2) is 6.56. The summed E-state index contributed by atoms with van der Waals surface area (Å²) in [6, 6.07) is 13.2. The van der Waals surface area contributed by atoms with Crippen molar-refractivity contribution >= 4 is 45.6 Å². The van der Waals surface area contributed by atoms with Gasteiger partial charge in [-0.05, 0) is 71.8 Å².